The number of nitrogens with zero attached hydrogens (tertiary/aromatic N) is 2. The standard InChI is InChI=1S/C22H23N3O2.CH2O2/c1-14-21(24-15(2)23-14)17-8-6-9-18(11-17)22(26)25(3)13-19-12-16-7-4-5-10-20(16)27-19;2-1-3/h4-11,19H,12-13H2,1-3H3,(H,23,24);1H,(H,2,3). The molecule has 156 valence electrons. The quantitative estimate of drug-likeness (QED) is 0.646. The van der Waals surface area contributed by atoms with E-state index in [1.807, 2.05) is 63.4 Å². The van der Waals surface area contributed by atoms with Crippen LogP contribution in [0.4, 0.5) is 0 Å². The van der Waals surface area contributed by atoms with Gasteiger partial charge in [0, 0.05) is 30.3 Å². The van der Waals surface area contributed by atoms with E-state index in [9.17, 15) is 4.79 Å². The lowest BCUT2D eigenvalue weighted by Crippen LogP contribution is -2.36. The van der Waals surface area contributed by atoms with Crippen molar-refractivity contribution in [3.63, 3.8) is 0 Å². The summed E-state index contributed by atoms with van der Waals surface area (Å²) in [5.74, 6) is 1.78. The van der Waals surface area contributed by atoms with Crippen LogP contribution in [0.15, 0.2) is 48.5 Å². The van der Waals surface area contributed by atoms with Crippen molar-refractivity contribution >= 4 is 12.4 Å². The van der Waals surface area contributed by atoms with Crippen LogP contribution in [-0.4, -0.2) is 52.1 Å². The van der Waals surface area contributed by atoms with Crippen LogP contribution < -0.4 is 4.74 Å². The summed E-state index contributed by atoms with van der Waals surface area (Å²) < 4.78 is 5.97. The van der Waals surface area contributed by atoms with Gasteiger partial charge in [-0.1, -0.05) is 30.3 Å². The second-order valence-corrected chi connectivity index (χ2v) is 7.22. The number of aryl methyl sites for hydroxylation is 2. The first-order valence-corrected chi connectivity index (χ1v) is 9.64. The fourth-order valence-electron chi connectivity index (χ4n) is 3.66. The Balaban J connectivity index is 0.000000806. The van der Waals surface area contributed by atoms with E-state index >= 15 is 0 Å². The third-order valence-corrected chi connectivity index (χ3v) is 4.92. The number of ether oxygens (including phenoxy) is 1. The van der Waals surface area contributed by atoms with Crippen molar-refractivity contribution in [1.82, 2.24) is 14.9 Å². The summed E-state index contributed by atoms with van der Waals surface area (Å²) in [6, 6.07) is 15.7. The molecule has 0 radical (unpaired) electrons. The molecule has 0 aliphatic carbocycles. The number of fused-ring (bicyclic) bond motifs is 1. The summed E-state index contributed by atoms with van der Waals surface area (Å²) in [6.07, 6.45) is 0.829. The normalized spacial score (nSPS) is 14.2. The van der Waals surface area contributed by atoms with E-state index < -0.39 is 0 Å². The molecule has 7 nitrogen and oxygen atoms in total. The molecule has 1 amide bonds. The Labute approximate surface area is 175 Å². The Morgan fingerprint density at radius 3 is 2.67 bits per heavy atom. The first kappa shape index (κ1) is 21.1. The Morgan fingerprint density at radius 1 is 1.27 bits per heavy atom. The van der Waals surface area contributed by atoms with E-state index in [1.165, 1.54) is 5.56 Å². The first-order valence-electron chi connectivity index (χ1n) is 9.64. The van der Waals surface area contributed by atoms with Crippen molar-refractivity contribution in [2.24, 2.45) is 0 Å². The maximum atomic E-state index is 12.9. The molecule has 7 heteroatoms. The molecule has 1 aliphatic heterocycles. The highest BCUT2D eigenvalue weighted by molar-refractivity contribution is 5.95. The van der Waals surface area contributed by atoms with Crippen LogP contribution in [-0.2, 0) is 11.2 Å². The van der Waals surface area contributed by atoms with Gasteiger partial charge >= 0.3 is 0 Å². The fourth-order valence-corrected chi connectivity index (χ4v) is 3.66. The number of aromatic amines is 1. The highest BCUT2D eigenvalue weighted by Gasteiger charge is 2.25. The number of H-pyrrole nitrogens is 1. The summed E-state index contributed by atoms with van der Waals surface area (Å²) in [7, 11) is 1.82. The number of benzene rings is 2. The molecule has 1 aromatic heterocycles. The minimum absolute atomic E-state index is 0.00392. The number of hydrogen-bond acceptors (Lipinski definition) is 4. The molecule has 30 heavy (non-hydrogen) atoms. The van der Waals surface area contributed by atoms with Crippen LogP contribution in [0.2, 0.25) is 0 Å². The molecule has 0 saturated carbocycles. The van der Waals surface area contributed by atoms with Crippen LogP contribution in [0.25, 0.3) is 11.3 Å². The molecule has 2 heterocycles. The zero-order valence-electron chi connectivity index (χ0n) is 17.3. The van der Waals surface area contributed by atoms with E-state index in [-0.39, 0.29) is 18.5 Å². The molecule has 3 aromatic rings. The van der Waals surface area contributed by atoms with Crippen LogP contribution in [0.1, 0.15) is 27.4 Å². The third kappa shape index (κ3) is 4.68. The predicted octanol–water partition coefficient (Wildman–Crippen LogP) is 3.47. The second kappa shape index (κ2) is 9.26. The minimum atomic E-state index is -0.250. The smallest absolute Gasteiger partial charge is 0.290 e. The van der Waals surface area contributed by atoms with Gasteiger partial charge in [0.15, 0.2) is 0 Å². The Bertz CT molecular complexity index is 1020. The first-order chi connectivity index (χ1) is 14.4. The highest BCUT2D eigenvalue weighted by atomic mass is 16.5. The Morgan fingerprint density at radius 2 is 2.00 bits per heavy atom. The summed E-state index contributed by atoms with van der Waals surface area (Å²) in [6.45, 7) is 4.22. The molecule has 0 spiro atoms. The van der Waals surface area contributed by atoms with E-state index in [4.69, 9.17) is 14.6 Å². The van der Waals surface area contributed by atoms with Gasteiger partial charge in [-0.05, 0) is 37.6 Å². The van der Waals surface area contributed by atoms with Crippen molar-refractivity contribution in [3.8, 4) is 17.0 Å². The Kier molecular flexibility index (Phi) is 6.51. The summed E-state index contributed by atoms with van der Waals surface area (Å²) >= 11 is 0. The topological polar surface area (TPSA) is 95.5 Å². The molecule has 0 bridgehead atoms. The van der Waals surface area contributed by atoms with Crippen molar-refractivity contribution in [2.45, 2.75) is 26.4 Å². The molecule has 1 aliphatic rings. The van der Waals surface area contributed by atoms with Crippen molar-refractivity contribution in [2.75, 3.05) is 13.6 Å². The third-order valence-electron chi connectivity index (χ3n) is 4.92. The highest BCUT2D eigenvalue weighted by Crippen LogP contribution is 2.28. The van der Waals surface area contributed by atoms with Gasteiger partial charge in [0.05, 0.1) is 12.2 Å². The van der Waals surface area contributed by atoms with E-state index in [2.05, 4.69) is 16.0 Å². The lowest BCUT2D eigenvalue weighted by Gasteiger charge is -2.21. The van der Waals surface area contributed by atoms with Gasteiger partial charge in [-0.15, -0.1) is 0 Å². The number of likely N-dealkylation sites (N-methyl/N-ethyl adjacent to an activating group) is 1. The van der Waals surface area contributed by atoms with Crippen LogP contribution in [0.5, 0.6) is 5.75 Å². The molecule has 4 rings (SSSR count). The average Bonchev–Trinajstić information content (AvgIpc) is 3.29. The number of imidazole rings is 1. The summed E-state index contributed by atoms with van der Waals surface area (Å²) in [5, 5.41) is 6.89. The van der Waals surface area contributed by atoms with E-state index in [1.54, 1.807) is 4.90 Å². The molecule has 1 atom stereocenters. The Hall–Kier alpha value is -3.61. The molecule has 2 N–H and O–H groups in total. The van der Waals surface area contributed by atoms with Gasteiger partial charge < -0.3 is 19.7 Å². The molecule has 2 aromatic carbocycles. The summed E-state index contributed by atoms with van der Waals surface area (Å²) in [5.41, 5.74) is 4.70. The van der Waals surface area contributed by atoms with Gasteiger partial charge in [0.2, 0.25) is 0 Å². The van der Waals surface area contributed by atoms with Crippen molar-refractivity contribution < 1.29 is 19.4 Å². The maximum Gasteiger partial charge on any atom is 0.290 e. The molecular formula is C23H25N3O4. The summed E-state index contributed by atoms with van der Waals surface area (Å²) in [4.78, 5) is 30.8. The minimum Gasteiger partial charge on any atom is -0.488 e. The maximum absolute atomic E-state index is 12.9. The van der Waals surface area contributed by atoms with E-state index in [0.717, 1.165) is 34.9 Å². The van der Waals surface area contributed by atoms with E-state index in [0.29, 0.717) is 12.1 Å². The number of carboxylic acid groups (broad SMARTS) is 1. The number of amides is 1. The second-order valence-electron chi connectivity index (χ2n) is 7.22. The monoisotopic (exact) mass is 407 g/mol. The van der Waals surface area contributed by atoms with Gasteiger partial charge in [0.25, 0.3) is 12.4 Å². The number of nitrogens with one attached hydrogen (secondary N) is 1. The zero-order chi connectivity index (χ0) is 21.7. The molecule has 0 saturated heterocycles. The largest absolute Gasteiger partial charge is 0.488 e. The number of carbonyl (C=O) groups is 2. The van der Waals surface area contributed by atoms with Gasteiger partial charge in [-0.3, -0.25) is 9.59 Å². The van der Waals surface area contributed by atoms with Gasteiger partial charge in [-0.25, -0.2) is 4.98 Å². The zero-order valence-corrected chi connectivity index (χ0v) is 17.3. The number of rotatable bonds is 4. The number of para-hydroxylation sites is 1. The molecule has 1 unspecified atom stereocenters. The SMILES string of the molecule is Cc1nc(-c2cccc(C(=O)N(C)CC3Cc4ccccc4O3)c2)c(C)[nH]1.O=CO. The lowest BCUT2D eigenvalue weighted by molar-refractivity contribution is -0.122. The van der Waals surface area contributed by atoms with Crippen molar-refractivity contribution in [3.05, 3.63) is 71.2 Å². The number of aromatic nitrogens is 2. The van der Waals surface area contributed by atoms with Crippen LogP contribution in [0.3, 0.4) is 0 Å². The van der Waals surface area contributed by atoms with Crippen molar-refractivity contribution in [1.29, 1.82) is 0 Å². The molecular weight excluding hydrogens is 382 g/mol. The van der Waals surface area contributed by atoms with Gasteiger partial charge in [0.1, 0.15) is 17.7 Å². The fraction of sp³-hybridized carbons (Fsp3) is 0.261. The molecule has 0 fully saturated rings. The predicted molar refractivity (Wildman–Crippen MR) is 114 cm³/mol. The van der Waals surface area contributed by atoms with Gasteiger partial charge in [-0.2, -0.15) is 0 Å². The van der Waals surface area contributed by atoms with Crippen LogP contribution in [0, 0.1) is 13.8 Å². The van der Waals surface area contributed by atoms with Crippen LogP contribution >= 0.6 is 0 Å². The average molecular weight is 407 g/mol. The number of carbonyl (C=O) groups excluding carboxylic acids is 1. The lowest BCUT2D eigenvalue weighted by atomic mass is 10.1. The number of hydrogen-bond donors (Lipinski definition) is 2.